The van der Waals surface area contributed by atoms with E-state index in [4.69, 9.17) is 38.8 Å². The summed E-state index contributed by atoms with van der Waals surface area (Å²) >= 11 is 25.4. The van der Waals surface area contributed by atoms with E-state index in [0.29, 0.717) is 101 Å². The number of hydrogen-bond acceptors (Lipinski definition) is 19. The molecular weight excluding hydrogens is 2210 g/mol. The van der Waals surface area contributed by atoms with Crippen LogP contribution >= 0.6 is 112 Å². The zero-order valence-corrected chi connectivity index (χ0v) is 95.3. The number of fused-ring (bicyclic) bond motifs is 22. The molecule has 24 rings (SSSR count). The molecule has 16 aliphatic rings. The van der Waals surface area contributed by atoms with Gasteiger partial charge in [0.25, 0.3) is 0 Å². The predicted octanol–water partition coefficient (Wildman–Crippen LogP) is 21.8. The lowest BCUT2D eigenvalue weighted by atomic mass is 9.55. The number of ketones is 4. The van der Waals surface area contributed by atoms with Crippen LogP contribution in [-0.2, 0) is 177 Å². The van der Waals surface area contributed by atoms with Gasteiger partial charge in [-0.1, -0.05) is 102 Å². The molecule has 6 saturated carbocycles. The van der Waals surface area contributed by atoms with Gasteiger partial charge in [0, 0.05) is 227 Å². The molecule has 138 heavy (non-hydrogen) atoms. The molecule has 2 saturated heterocycles. The van der Waals surface area contributed by atoms with Crippen molar-refractivity contribution in [2.45, 2.75) is 313 Å². The number of hydrogen-bond donors (Lipinski definition) is 2. The Morgan fingerprint density at radius 3 is 1.01 bits per heavy atom. The molecule has 750 valence electrons. The van der Waals surface area contributed by atoms with Crippen molar-refractivity contribution in [3.63, 3.8) is 0 Å². The maximum atomic E-state index is 12.3. The molecule has 0 bridgehead atoms. The zero-order chi connectivity index (χ0) is 99.2. The number of rotatable bonds is 0. The Balaban J connectivity index is 0.000000107. The van der Waals surface area contributed by atoms with Gasteiger partial charge in [-0.05, 0) is 288 Å². The summed E-state index contributed by atoms with van der Waals surface area (Å²) in [4.78, 5) is 48.5. The largest absolute Gasteiger partial charge is 0.515 e. The molecule has 8 aromatic rings. The Labute approximate surface area is 871 Å². The molecule has 0 amide bonds. The third kappa shape index (κ3) is 16.3. The van der Waals surface area contributed by atoms with E-state index in [-0.39, 0.29) is 84.7 Å². The number of halogens is 7. The molecule has 10 heterocycles. The molecule has 0 unspecified atom stereocenters. The van der Waals surface area contributed by atoms with Crippen molar-refractivity contribution >= 4 is 135 Å². The van der Waals surface area contributed by atoms with E-state index in [1.807, 2.05) is 90.4 Å². The number of aromatic nitrogens is 15. The van der Waals surface area contributed by atoms with Gasteiger partial charge in [0.1, 0.15) is 49.5 Å². The number of allylic oxidation sites excluding steroid dienone is 2. The number of nitrogens with zero attached hydrogens (tertiary/aromatic N) is 15. The normalized spacial score (nSPS) is 35.3. The van der Waals surface area contributed by atoms with Crippen LogP contribution in [0.5, 0.6) is 0 Å². The average molecular weight is 2350 g/mol. The van der Waals surface area contributed by atoms with Crippen LogP contribution in [-0.4, -0.2) is 145 Å². The summed E-state index contributed by atoms with van der Waals surface area (Å²) in [5, 5.41) is 55.5. The van der Waals surface area contributed by atoms with Crippen molar-refractivity contribution < 1.29 is 52.9 Å². The summed E-state index contributed by atoms with van der Waals surface area (Å²) in [7, 11) is 14.0. The van der Waals surface area contributed by atoms with Gasteiger partial charge in [-0.15, -0.1) is 0 Å². The van der Waals surface area contributed by atoms with Gasteiger partial charge in [0.05, 0.1) is 67.9 Å². The summed E-state index contributed by atoms with van der Waals surface area (Å²) in [6, 6.07) is 0. The van der Waals surface area contributed by atoms with Gasteiger partial charge in [-0.3, -0.25) is 52.0 Å². The number of aliphatic hydroxyl groups is 2. The van der Waals surface area contributed by atoms with Crippen molar-refractivity contribution in [2.75, 3.05) is 26.4 Å². The van der Waals surface area contributed by atoms with Gasteiger partial charge in [0.15, 0.2) is 23.1 Å². The van der Waals surface area contributed by atoms with Crippen molar-refractivity contribution in [1.82, 2.24) is 73.6 Å². The standard InChI is InChI=1S/2C16H23BrN2O2.C15H18BrN3O.2C15H19BrN2O2.2C14H19BrN2O/c1-10-12-5-4-11-13(19(3)18-14(11)17)15(12,2)6-7-16(10)20-8-9-21-16;1-10-12-5-4-11-13(18-19(3)14(11)17)15(12,2)6-7-16(10)20-8-9-21-16;1-8-11-5-4-10-13(18-19(3)14(10)16)15(11,2)6-9-7-17-20-12(8)9;1-8-11-5-4-10-13(18(3)17-14(10)16)15(11,2)6-9(7-19)12(8)20;1-8-11-5-4-10-13(17-18(3)14(10)16)15(11,2)6-9(7-19)12(8)20;1-8-10-5-4-9-12(17(3)16-13(9)15)14(10,2)7-6-11(8)18;1-8-10-5-4-9-12(16-17(3)13(9)15)14(10,2)7-6-11(8)18/h2*10,12H,4-9H2,1-3H3;7-8,11H,4-6H2,1-3H3;2*7-8,11,19H,4-6H2,1-3H3;2*8,10H,4-7H2,1-3H3/b;;;2*9-7-;;/t2*10-,12-,15-;3*8-,11-,15-;2*8-,10-,14-/m0000000/s1. The summed E-state index contributed by atoms with van der Waals surface area (Å²) in [5.41, 5.74) is 21.0. The second-order valence-corrected chi connectivity index (χ2v) is 50.6. The Hall–Kier alpha value is -5.36. The van der Waals surface area contributed by atoms with Crippen LogP contribution in [0.15, 0.2) is 66.6 Å². The fraction of sp³-hybridized carbons (Fsp3) is 0.695. The Kier molecular flexibility index (Phi) is 28.2. The van der Waals surface area contributed by atoms with E-state index >= 15 is 0 Å². The second-order valence-electron chi connectivity index (χ2n) is 45.4. The van der Waals surface area contributed by atoms with Crippen LogP contribution in [0.2, 0.25) is 0 Å². The molecule has 8 fully saturated rings. The average Bonchev–Trinajstić information content (AvgIpc) is 1.48. The van der Waals surface area contributed by atoms with Crippen LogP contribution in [0.4, 0.5) is 0 Å². The number of aliphatic hydroxyl groups excluding tert-OH is 2. The first-order chi connectivity index (χ1) is 65.2. The molecule has 0 aromatic carbocycles. The van der Waals surface area contributed by atoms with E-state index in [2.05, 4.69) is 232 Å². The molecule has 21 atom stereocenters. The third-order valence-electron chi connectivity index (χ3n) is 38.5. The van der Waals surface area contributed by atoms with Crippen molar-refractivity contribution in [2.24, 2.45) is 126 Å². The lowest BCUT2D eigenvalue weighted by molar-refractivity contribution is -0.235. The van der Waals surface area contributed by atoms with Crippen LogP contribution in [0.3, 0.4) is 0 Å². The highest BCUT2D eigenvalue weighted by Crippen LogP contribution is 2.63. The van der Waals surface area contributed by atoms with Crippen molar-refractivity contribution in [3.05, 3.63) is 152 Å². The van der Waals surface area contributed by atoms with Gasteiger partial charge < -0.3 is 33.7 Å². The van der Waals surface area contributed by atoms with Crippen LogP contribution in [0, 0.1) is 76.9 Å². The minimum Gasteiger partial charge on any atom is -0.515 e. The lowest BCUT2D eigenvalue weighted by Crippen LogP contribution is -2.55. The van der Waals surface area contributed by atoms with E-state index < -0.39 is 0 Å². The Bertz CT molecular complexity index is 6170. The highest BCUT2D eigenvalue weighted by atomic mass is 79.9. The molecule has 2 spiro atoms. The number of carbonyl (C=O) groups excluding carboxylic acids is 4. The third-order valence-corrected chi connectivity index (χ3v) is 44.4. The highest BCUT2D eigenvalue weighted by molar-refractivity contribution is 9.11. The number of carbonyl (C=O) groups is 4. The van der Waals surface area contributed by atoms with E-state index in [1.54, 1.807) is 0 Å². The number of ether oxygens (including phenoxy) is 4. The smallest absolute Gasteiger partial charge is 0.171 e. The Morgan fingerprint density at radius 2 is 0.623 bits per heavy atom. The summed E-state index contributed by atoms with van der Waals surface area (Å²) < 4.78 is 50.9. The monoisotopic (exact) mass is 2340 g/mol. The fourth-order valence-electron chi connectivity index (χ4n) is 31.2. The maximum Gasteiger partial charge on any atom is 0.171 e. The van der Waals surface area contributed by atoms with Gasteiger partial charge in [0.2, 0.25) is 0 Å². The first-order valence-electron chi connectivity index (χ1n) is 50.5. The minimum absolute atomic E-state index is 0.0472. The summed E-state index contributed by atoms with van der Waals surface area (Å²) in [6.45, 7) is 34.3. The molecule has 2 aliphatic heterocycles. The molecule has 2 N–H and O–H groups in total. The van der Waals surface area contributed by atoms with E-state index in [0.717, 1.165) is 205 Å². The second kappa shape index (κ2) is 37.8. The first-order valence-corrected chi connectivity index (χ1v) is 56.0. The maximum absolute atomic E-state index is 12.3. The lowest BCUT2D eigenvalue weighted by Gasteiger charge is -2.54. The van der Waals surface area contributed by atoms with Crippen LogP contribution in [0.25, 0.3) is 0 Å². The molecule has 33 heteroatoms. The van der Waals surface area contributed by atoms with Crippen molar-refractivity contribution in [1.29, 1.82) is 0 Å². The topological polar surface area (TPSA) is 296 Å². The van der Waals surface area contributed by atoms with Crippen molar-refractivity contribution in [3.8, 4) is 0 Å². The summed E-state index contributed by atoms with van der Waals surface area (Å²) in [5.74, 6) is 6.40. The van der Waals surface area contributed by atoms with Gasteiger partial charge in [-0.25, -0.2) is 0 Å². The Morgan fingerprint density at radius 1 is 0.333 bits per heavy atom. The molecule has 0 radical (unpaired) electrons. The minimum atomic E-state index is -0.326. The molecular formula is C105H140Br7N15O11. The van der Waals surface area contributed by atoms with Gasteiger partial charge in [-0.2, -0.15) is 35.7 Å². The van der Waals surface area contributed by atoms with Crippen LogP contribution < -0.4 is 0 Å². The molecule has 14 aliphatic carbocycles. The molecule has 26 nitrogen and oxygen atoms in total. The molecule has 8 aromatic heterocycles. The summed E-state index contributed by atoms with van der Waals surface area (Å²) in [6.07, 6.45) is 28.7. The van der Waals surface area contributed by atoms with E-state index in [9.17, 15) is 29.4 Å². The highest BCUT2D eigenvalue weighted by Gasteiger charge is 2.63. The van der Waals surface area contributed by atoms with Crippen LogP contribution in [0.1, 0.15) is 302 Å². The predicted molar refractivity (Wildman–Crippen MR) is 551 cm³/mol. The first kappa shape index (κ1) is 103. The fourth-order valence-corrected chi connectivity index (χ4v) is 34.9. The number of Topliss-reactive ketones (excluding diaryl/α,β-unsaturated/α-hetero) is 4. The number of aryl methyl sites for hydroxylation is 7. The quantitative estimate of drug-likeness (QED) is 0.105. The zero-order valence-electron chi connectivity index (χ0n) is 84.2. The SMILES string of the molecule is C[C@@H]1C(=O)/C(=C\O)C[C@]2(C)c3c(c(Br)nn3C)CC[C@@H]12.C[C@@H]1C(=O)/C(=C\O)C[C@]2(C)c3nn(C)c(Br)c3CC[C@@H]12.C[C@@H]1C(=O)CC[C@]2(C)c3c(c(Br)nn3C)CC[C@@H]12.C[C@@H]1C(=O)CC[C@]2(C)c3nn(C)c(Br)c3CC[C@@H]12.C[C@@H]1c2oncc2C[C@]2(C)c3nn(C)c(Br)c3CC[C@@H]12.C[C@H]1[C@@H]2CCc3c(Br)nn(C)c3[C@@]2(C)CCC12OCCO2.C[C@H]1[C@@H]2CCc3c(nn(C)c3Br)[C@@]2(C)CCC12OCCO2. The van der Waals surface area contributed by atoms with Gasteiger partial charge >= 0.3 is 0 Å². The van der Waals surface area contributed by atoms with E-state index in [1.165, 1.54) is 97.9 Å².